The molecule has 1 aliphatic heterocycles. The largest absolute Gasteiger partial charge is 0.493 e. The lowest BCUT2D eigenvalue weighted by Crippen LogP contribution is -2.08. The Morgan fingerprint density at radius 2 is 2.16 bits per heavy atom. The normalized spacial score (nSPS) is 16.8. The Bertz CT molecular complexity index is 433. The van der Waals surface area contributed by atoms with Crippen LogP contribution in [0, 0.1) is 5.92 Å². The summed E-state index contributed by atoms with van der Waals surface area (Å²) >= 11 is 10.4. The lowest BCUT2D eigenvalue weighted by atomic mass is 9.90. The van der Waals surface area contributed by atoms with E-state index in [1.54, 1.807) is 0 Å². The zero-order chi connectivity index (χ0) is 13.8. The second-order valence-corrected chi connectivity index (χ2v) is 6.68. The van der Waals surface area contributed by atoms with Crippen LogP contribution in [0.25, 0.3) is 0 Å². The highest BCUT2D eigenvalue weighted by molar-refractivity contribution is 9.10. The number of benzene rings is 1. The maximum absolute atomic E-state index is 6.76. The zero-order valence-electron chi connectivity index (χ0n) is 11.7. The van der Waals surface area contributed by atoms with Crippen molar-refractivity contribution in [2.75, 3.05) is 6.61 Å². The van der Waals surface area contributed by atoms with Gasteiger partial charge in [0.1, 0.15) is 5.75 Å². The molecule has 2 rings (SSSR count). The minimum absolute atomic E-state index is 0.0564. The van der Waals surface area contributed by atoms with Gasteiger partial charge in [-0.15, -0.1) is 11.6 Å². The van der Waals surface area contributed by atoms with Crippen LogP contribution in [-0.2, 0) is 6.42 Å². The maximum Gasteiger partial charge on any atom is 0.127 e. The van der Waals surface area contributed by atoms with E-state index in [9.17, 15) is 0 Å². The second kappa shape index (κ2) is 6.99. The highest BCUT2D eigenvalue weighted by Gasteiger charge is 2.26. The van der Waals surface area contributed by atoms with Crippen LogP contribution in [0.5, 0.6) is 5.75 Å². The Labute approximate surface area is 129 Å². The van der Waals surface area contributed by atoms with E-state index in [2.05, 4.69) is 41.9 Å². The molecule has 0 saturated heterocycles. The molecule has 1 heterocycles. The van der Waals surface area contributed by atoms with Gasteiger partial charge in [0.2, 0.25) is 0 Å². The second-order valence-electron chi connectivity index (χ2n) is 5.29. The molecule has 0 spiro atoms. The highest BCUT2D eigenvalue weighted by Crippen LogP contribution is 2.43. The van der Waals surface area contributed by atoms with E-state index < -0.39 is 0 Å². The molecule has 3 heteroatoms. The quantitative estimate of drug-likeness (QED) is 0.585. The Kier molecular flexibility index (Phi) is 5.58. The van der Waals surface area contributed by atoms with Crippen LogP contribution in [0.3, 0.4) is 0 Å². The number of ether oxygens (including phenoxy) is 1. The van der Waals surface area contributed by atoms with Crippen molar-refractivity contribution >= 4 is 27.5 Å². The monoisotopic (exact) mass is 344 g/mol. The fraction of sp³-hybridized carbons (Fsp3) is 0.625. The first-order chi connectivity index (χ1) is 9.17. The van der Waals surface area contributed by atoms with Gasteiger partial charge in [-0.05, 0) is 30.0 Å². The molecule has 0 aromatic heterocycles. The number of hydrogen-bond acceptors (Lipinski definition) is 1. The lowest BCUT2D eigenvalue weighted by Gasteiger charge is -2.23. The van der Waals surface area contributed by atoms with E-state index in [1.807, 2.05) is 0 Å². The Balaban J connectivity index is 2.25. The molecule has 19 heavy (non-hydrogen) atoms. The summed E-state index contributed by atoms with van der Waals surface area (Å²) < 4.78 is 6.91. The van der Waals surface area contributed by atoms with E-state index >= 15 is 0 Å². The van der Waals surface area contributed by atoms with E-state index in [1.165, 1.54) is 30.4 Å². The molecular formula is C16H22BrClO. The number of hydrogen-bond donors (Lipinski definition) is 0. The first-order valence-corrected chi connectivity index (χ1v) is 8.49. The predicted octanol–water partition coefficient (Wildman–Crippen LogP) is 5.88. The molecule has 2 unspecified atom stereocenters. The molecule has 1 aromatic carbocycles. The summed E-state index contributed by atoms with van der Waals surface area (Å²) in [5.41, 5.74) is 2.46. The van der Waals surface area contributed by atoms with Gasteiger partial charge in [0, 0.05) is 16.5 Å². The van der Waals surface area contributed by atoms with Crippen molar-refractivity contribution in [2.45, 2.75) is 51.3 Å². The molecule has 1 aliphatic rings. The Morgan fingerprint density at radius 3 is 2.84 bits per heavy atom. The summed E-state index contributed by atoms with van der Waals surface area (Å²) in [7, 11) is 0. The van der Waals surface area contributed by atoms with Crippen molar-refractivity contribution in [2.24, 2.45) is 5.92 Å². The van der Waals surface area contributed by atoms with Gasteiger partial charge in [-0.3, -0.25) is 0 Å². The predicted molar refractivity (Wildman–Crippen MR) is 85.2 cm³/mol. The number of rotatable bonds is 6. The van der Waals surface area contributed by atoms with Gasteiger partial charge >= 0.3 is 0 Å². The number of halogens is 2. The Morgan fingerprint density at radius 1 is 1.37 bits per heavy atom. The molecule has 0 saturated carbocycles. The van der Waals surface area contributed by atoms with E-state index in [0.717, 1.165) is 29.7 Å². The van der Waals surface area contributed by atoms with Crippen molar-refractivity contribution in [3.05, 3.63) is 27.7 Å². The summed E-state index contributed by atoms with van der Waals surface area (Å²) in [6.07, 6.45) is 5.79. The van der Waals surface area contributed by atoms with Gasteiger partial charge in [0.25, 0.3) is 0 Å². The molecule has 0 N–H and O–H groups in total. The molecule has 0 amide bonds. The third kappa shape index (κ3) is 3.46. The highest BCUT2D eigenvalue weighted by atomic mass is 79.9. The smallest absolute Gasteiger partial charge is 0.127 e. The summed E-state index contributed by atoms with van der Waals surface area (Å²) in [5.74, 6) is 1.57. The minimum Gasteiger partial charge on any atom is -0.493 e. The summed E-state index contributed by atoms with van der Waals surface area (Å²) in [6, 6.07) is 4.29. The SMILES string of the molecule is CCCCC(CC)C(Cl)c1cc(Br)cc2c1OCC2. The molecule has 1 aromatic rings. The van der Waals surface area contributed by atoms with Crippen molar-refractivity contribution in [1.82, 2.24) is 0 Å². The number of fused-ring (bicyclic) bond motifs is 1. The van der Waals surface area contributed by atoms with Crippen molar-refractivity contribution < 1.29 is 4.74 Å². The van der Waals surface area contributed by atoms with Crippen LogP contribution in [-0.4, -0.2) is 6.61 Å². The molecule has 2 atom stereocenters. The van der Waals surface area contributed by atoms with Gasteiger partial charge < -0.3 is 4.74 Å². The standard InChI is InChI=1S/C16H22BrClO/c1-3-5-6-11(4-2)15(18)14-10-13(17)9-12-7-8-19-16(12)14/h9-11,15H,3-8H2,1-2H3. The van der Waals surface area contributed by atoms with Gasteiger partial charge in [0.15, 0.2) is 0 Å². The Hall–Kier alpha value is -0.210. The first-order valence-electron chi connectivity index (χ1n) is 7.26. The molecule has 0 fully saturated rings. The fourth-order valence-electron chi connectivity index (χ4n) is 2.78. The third-order valence-electron chi connectivity index (χ3n) is 3.94. The lowest BCUT2D eigenvalue weighted by molar-refractivity contribution is 0.347. The van der Waals surface area contributed by atoms with E-state index in [4.69, 9.17) is 16.3 Å². The molecule has 106 valence electrons. The van der Waals surface area contributed by atoms with Crippen LogP contribution >= 0.6 is 27.5 Å². The van der Waals surface area contributed by atoms with E-state index in [0.29, 0.717) is 5.92 Å². The van der Waals surface area contributed by atoms with Gasteiger partial charge in [-0.2, -0.15) is 0 Å². The van der Waals surface area contributed by atoms with Crippen molar-refractivity contribution in [3.63, 3.8) is 0 Å². The van der Waals surface area contributed by atoms with Crippen LogP contribution in [0.1, 0.15) is 56.0 Å². The average molecular weight is 346 g/mol. The minimum atomic E-state index is 0.0564. The number of alkyl halides is 1. The van der Waals surface area contributed by atoms with Crippen LogP contribution in [0.15, 0.2) is 16.6 Å². The molecule has 1 nitrogen and oxygen atoms in total. The molecule has 0 radical (unpaired) electrons. The van der Waals surface area contributed by atoms with Crippen molar-refractivity contribution in [1.29, 1.82) is 0 Å². The first kappa shape index (κ1) is 15.2. The van der Waals surface area contributed by atoms with Gasteiger partial charge in [0.05, 0.1) is 12.0 Å². The van der Waals surface area contributed by atoms with Crippen LogP contribution in [0.4, 0.5) is 0 Å². The van der Waals surface area contributed by atoms with Crippen molar-refractivity contribution in [3.8, 4) is 5.75 Å². The summed E-state index contributed by atoms with van der Waals surface area (Å²) in [5, 5.41) is 0.0564. The van der Waals surface area contributed by atoms with Crippen LogP contribution in [0.2, 0.25) is 0 Å². The maximum atomic E-state index is 6.76. The summed E-state index contributed by atoms with van der Waals surface area (Å²) in [6.45, 7) is 5.25. The fourth-order valence-corrected chi connectivity index (χ4v) is 3.77. The summed E-state index contributed by atoms with van der Waals surface area (Å²) in [4.78, 5) is 0. The van der Waals surface area contributed by atoms with Gasteiger partial charge in [-0.25, -0.2) is 0 Å². The third-order valence-corrected chi connectivity index (χ3v) is 4.99. The molecule has 0 aliphatic carbocycles. The average Bonchev–Trinajstić information content (AvgIpc) is 2.86. The number of unbranched alkanes of at least 4 members (excludes halogenated alkanes) is 1. The van der Waals surface area contributed by atoms with Crippen LogP contribution < -0.4 is 4.74 Å². The zero-order valence-corrected chi connectivity index (χ0v) is 14.1. The molecule has 0 bridgehead atoms. The topological polar surface area (TPSA) is 9.23 Å². The molecular weight excluding hydrogens is 324 g/mol. The van der Waals surface area contributed by atoms with Gasteiger partial charge in [-0.1, -0.05) is 49.0 Å². The van der Waals surface area contributed by atoms with E-state index in [-0.39, 0.29) is 5.38 Å².